The Labute approximate surface area is 227 Å². The summed E-state index contributed by atoms with van der Waals surface area (Å²) >= 11 is 6.63. The third-order valence-corrected chi connectivity index (χ3v) is 8.00. The molecular formula is C28H33ClN4O5. The summed E-state index contributed by atoms with van der Waals surface area (Å²) in [5, 5.41) is 13.7. The lowest BCUT2D eigenvalue weighted by atomic mass is 10.0. The number of aliphatic hydroxyl groups excluding tert-OH is 1. The van der Waals surface area contributed by atoms with Crippen molar-refractivity contribution in [1.82, 2.24) is 10.3 Å². The van der Waals surface area contributed by atoms with Gasteiger partial charge >= 0.3 is 0 Å². The van der Waals surface area contributed by atoms with Gasteiger partial charge in [0, 0.05) is 36.8 Å². The fourth-order valence-electron chi connectivity index (χ4n) is 5.69. The van der Waals surface area contributed by atoms with Crippen LogP contribution in [-0.4, -0.2) is 78.7 Å². The molecule has 5 heterocycles. The van der Waals surface area contributed by atoms with E-state index in [9.17, 15) is 9.90 Å². The first-order chi connectivity index (χ1) is 18.5. The lowest BCUT2D eigenvalue weighted by Gasteiger charge is -2.34. The lowest BCUT2D eigenvalue weighted by molar-refractivity contribution is -0.121. The fraction of sp³-hybridized carbons (Fsp3) is 0.536. The van der Waals surface area contributed by atoms with Crippen LogP contribution in [0.15, 0.2) is 35.3 Å². The van der Waals surface area contributed by atoms with Gasteiger partial charge in [0.05, 0.1) is 41.7 Å². The molecule has 4 aliphatic heterocycles. The third-order valence-electron chi connectivity index (χ3n) is 7.71. The number of pyridine rings is 1. The molecule has 1 aromatic carbocycles. The van der Waals surface area contributed by atoms with Crippen molar-refractivity contribution in [2.24, 2.45) is 4.99 Å². The predicted octanol–water partition coefficient (Wildman–Crippen LogP) is 3.42. The van der Waals surface area contributed by atoms with Gasteiger partial charge in [-0.1, -0.05) is 30.7 Å². The third kappa shape index (κ3) is 5.12. The number of amides is 1. The number of piperidine rings is 1. The Morgan fingerprint density at radius 3 is 2.71 bits per heavy atom. The summed E-state index contributed by atoms with van der Waals surface area (Å²) in [6, 6.07) is 10.4. The smallest absolute Gasteiger partial charge is 0.220 e. The number of nitrogens with one attached hydrogen (secondary N) is 1. The SMILES string of the molecule is CCCC(=O)NC1CCN(c2ccc(-c3nc4c(cc3Cl)N=C(O[C@@H]3CO[C@H]5[C@@H]3OC[C@H]5O)C4)cc2)CC1. The predicted molar refractivity (Wildman–Crippen MR) is 144 cm³/mol. The Hall–Kier alpha value is -2.72. The number of halogens is 1. The Morgan fingerprint density at radius 1 is 1.18 bits per heavy atom. The van der Waals surface area contributed by atoms with Crippen LogP contribution in [0.5, 0.6) is 0 Å². The highest BCUT2D eigenvalue weighted by molar-refractivity contribution is 6.33. The molecule has 4 aliphatic rings. The van der Waals surface area contributed by atoms with Gasteiger partial charge in [0.25, 0.3) is 0 Å². The Morgan fingerprint density at radius 2 is 1.95 bits per heavy atom. The summed E-state index contributed by atoms with van der Waals surface area (Å²) < 4.78 is 17.4. The average molecular weight is 541 g/mol. The van der Waals surface area contributed by atoms with Crippen molar-refractivity contribution in [3.05, 3.63) is 41.0 Å². The van der Waals surface area contributed by atoms with E-state index in [2.05, 4.69) is 39.5 Å². The second kappa shape index (κ2) is 10.8. The van der Waals surface area contributed by atoms with Gasteiger partial charge in [-0.3, -0.25) is 4.79 Å². The van der Waals surface area contributed by atoms with E-state index in [0.29, 0.717) is 36.1 Å². The van der Waals surface area contributed by atoms with Gasteiger partial charge in [-0.15, -0.1) is 0 Å². The molecule has 3 saturated heterocycles. The van der Waals surface area contributed by atoms with E-state index in [-0.39, 0.29) is 36.9 Å². The minimum atomic E-state index is -0.615. The molecule has 9 nitrogen and oxygen atoms in total. The Kier molecular flexibility index (Phi) is 7.27. The van der Waals surface area contributed by atoms with Crippen molar-refractivity contribution in [2.45, 2.75) is 69.5 Å². The molecule has 38 heavy (non-hydrogen) atoms. The van der Waals surface area contributed by atoms with Gasteiger partial charge in [-0.05, 0) is 37.5 Å². The Bertz CT molecular complexity index is 1210. The quantitative estimate of drug-likeness (QED) is 0.578. The standard InChI is InChI=1S/C28H33ClN4O5/c1-2-3-24(35)30-17-8-10-33(11-9-17)18-6-4-16(5-7-18)26-19(29)12-20-21(32-26)13-25(31-20)38-23-15-37-27-22(34)14-36-28(23)27/h4-7,12,17,22-23,27-28,34H,2-3,8-11,13-15H2,1H3,(H,30,35)/t22-,23-,27-,28-/m1/s1. The molecule has 0 spiro atoms. The summed E-state index contributed by atoms with van der Waals surface area (Å²) in [6.07, 6.45) is 2.29. The van der Waals surface area contributed by atoms with E-state index < -0.39 is 6.10 Å². The number of nitrogens with zero attached hydrogens (tertiary/aromatic N) is 3. The van der Waals surface area contributed by atoms with Crippen LogP contribution in [-0.2, 0) is 25.4 Å². The maximum Gasteiger partial charge on any atom is 0.220 e. The maximum absolute atomic E-state index is 11.9. The number of fused-ring (bicyclic) bond motifs is 2. The van der Waals surface area contributed by atoms with E-state index in [0.717, 1.165) is 55.0 Å². The number of rotatable bonds is 6. The van der Waals surface area contributed by atoms with Gasteiger partial charge in [0.1, 0.15) is 18.3 Å². The van der Waals surface area contributed by atoms with Gasteiger partial charge in [-0.2, -0.15) is 0 Å². The minimum absolute atomic E-state index is 0.155. The monoisotopic (exact) mass is 540 g/mol. The molecule has 202 valence electrons. The van der Waals surface area contributed by atoms with Gasteiger partial charge in [0.2, 0.25) is 5.91 Å². The molecule has 0 bridgehead atoms. The zero-order valence-electron chi connectivity index (χ0n) is 21.4. The minimum Gasteiger partial charge on any atom is -0.472 e. The van der Waals surface area contributed by atoms with Crippen LogP contribution in [0, 0.1) is 0 Å². The van der Waals surface area contributed by atoms with E-state index in [1.165, 1.54) is 0 Å². The number of ether oxygens (including phenoxy) is 3. The summed E-state index contributed by atoms with van der Waals surface area (Å²) in [5.74, 6) is 0.714. The largest absolute Gasteiger partial charge is 0.472 e. The van der Waals surface area contributed by atoms with Crippen LogP contribution in [0.2, 0.25) is 5.02 Å². The van der Waals surface area contributed by atoms with Crippen molar-refractivity contribution in [1.29, 1.82) is 0 Å². The zero-order chi connectivity index (χ0) is 26.2. The molecule has 3 fully saturated rings. The van der Waals surface area contributed by atoms with Gasteiger partial charge in [-0.25, -0.2) is 9.98 Å². The average Bonchev–Trinajstić information content (AvgIpc) is 3.61. The molecule has 2 aromatic rings. The van der Waals surface area contributed by atoms with Crippen molar-refractivity contribution >= 4 is 34.8 Å². The van der Waals surface area contributed by atoms with Gasteiger partial charge in [0.15, 0.2) is 12.0 Å². The van der Waals surface area contributed by atoms with Crippen molar-refractivity contribution in [2.75, 3.05) is 31.2 Å². The first kappa shape index (κ1) is 25.6. The van der Waals surface area contributed by atoms with Crippen LogP contribution in [0.1, 0.15) is 38.3 Å². The molecule has 4 atom stereocenters. The summed E-state index contributed by atoms with van der Waals surface area (Å²) in [7, 11) is 0. The normalized spacial score (nSPS) is 26.7. The number of aliphatic imine (C=N–C) groups is 1. The van der Waals surface area contributed by atoms with Gasteiger partial charge < -0.3 is 29.5 Å². The molecule has 0 aliphatic carbocycles. The van der Waals surface area contributed by atoms with Crippen LogP contribution in [0.3, 0.4) is 0 Å². The molecule has 1 aromatic heterocycles. The summed E-state index contributed by atoms with van der Waals surface area (Å²) in [6.45, 7) is 4.46. The van der Waals surface area contributed by atoms with E-state index >= 15 is 0 Å². The Balaban J connectivity index is 1.08. The van der Waals surface area contributed by atoms with Crippen molar-refractivity contribution in [3.63, 3.8) is 0 Å². The van der Waals surface area contributed by atoms with Crippen LogP contribution < -0.4 is 10.2 Å². The number of aromatic nitrogens is 1. The highest BCUT2D eigenvalue weighted by atomic mass is 35.5. The number of hydrogen-bond acceptors (Lipinski definition) is 8. The van der Waals surface area contributed by atoms with Crippen LogP contribution in [0.4, 0.5) is 11.4 Å². The van der Waals surface area contributed by atoms with E-state index in [1.807, 2.05) is 13.0 Å². The molecule has 10 heteroatoms. The van der Waals surface area contributed by atoms with Crippen molar-refractivity contribution in [3.8, 4) is 11.3 Å². The molecule has 2 N–H and O–H groups in total. The number of anilines is 1. The maximum atomic E-state index is 11.9. The highest BCUT2D eigenvalue weighted by Gasteiger charge is 2.49. The van der Waals surface area contributed by atoms with E-state index in [1.54, 1.807) is 0 Å². The molecule has 0 saturated carbocycles. The molecule has 6 rings (SSSR count). The summed E-state index contributed by atoms with van der Waals surface area (Å²) in [4.78, 5) is 23.7. The molecule has 0 radical (unpaired) electrons. The molecule has 1 amide bonds. The second-order valence-electron chi connectivity index (χ2n) is 10.4. The number of carbonyl (C=O) groups excluding carboxylic acids is 1. The zero-order valence-corrected chi connectivity index (χ0v) is 22.2. The number of aliphatic hydroxyl groups is 1. The lowest BCUT2D eigenvalue weighted by Crippen LogP contribution is -2.44. The fourth-order valence-corrected chi connectivity index (χ4v) is 5.95. The number of hydrogen-bond donors (Lipinski definition) is 2. The summed E-state index contributed by atoms with van der Waals surface area (Å²) in [5.41, 5.74) is 4.34. The highest BCUT2D eigenvalue weighted by Crippen LogP contribution is 2.37. The first-order valence-corrected chi connectivity index (χ1v) is 13.9. The molecule has 0 unspecified atom stereocenters. The van der Waals surface area contributed by atoms with Crippen LogP contribution in [0.25, 0.3) is 11.3 Å². The van der Waals surface area contributed by atoms with Crippen molar-refractivity contribution < 1.29 is 24.1 Å². The number of benzene rings is 1. The second-order valence-corrected chi connectivity index (χ2v) is 10.8. The first-order valence-electron chi connectivity index (χ1n) is 13.5. The van der Waals surface area contributed by atoms with E-state index in [4.69, 9.17) is 30.8 Å². The number of carbonyl (C=O) groups is 1. The molecular weight excluding hydrogens is 508 g/mol. The topological polar surface area (TPSA) is 106 Å². The van der Waals surface area contributed by atoms with Crippen LogP contribution >= 0.6 is 11.6 Å².